The van der Waals surface area contributed by atoms with Crippen molar-refractivity contribution in [3.8, 4) is 0 Å². The molecule has 0 spiro atoms. The van der Waals surface area contributed by atoms with Crippen molar-refractivity contribution in [3.05, 3.63) is 29.8 Å². The van der Waals surface area contributed by atoms with Crippen LogP contribution in [0.5, 0.6) is 0 Å². The van der Waals surface area contributed by atoms with Gasteiger partial charge in [0.25, 0.3) is 0 Å². The zero-order valence-corrected chi connectivity index (χ0v) is 15.4. The number of morpholine rings is 2. The number of nitrogens with zero attached hydrogens (tertiary/aromatic N) is 2. The molecule has 8 heteroatoms. The molecule has 0 radical (unpaired) electrons. The largest absolute Gasteiger partial charge is 0.384 e. The summed E-state index contributed by atoms with van der Waals surface area (Å²) in [6, 6.07) is 6.86. The topological polar surface area (TPSA) is 76.2 Å². The zero-order chi connectivity index (χ0) is 18.0. The normalized spacial score (nSPS) is 24.3. The molecule has 2 unspecified atom stereocenters. The maximum atomic E-state index is 12.9. The Morgan fingerprint density at radius 3 is 2.32 bits per heavy atom. The second-order valence-corrected chi connectivity index (χ2v) is 8.49. The summed E-state index contributed by atoms with van der Waals surface area (Å²) in [7, 11) is -1.98. The fraction of sp³-hybridized carbons (Fsp3) is 0.588. The lowest BCUT2D eigenvalue weighted by Crippen LogP contribution is -2.61. The first kappa shape index (κ1) is 18.3. The molecule has 1 aromatic carbocycles. The van der Waals surface area contributed by atoms with Crippen molar-refractivity contribution in [1.82, 2.24) is 9.21 Å². The summed E-state index contributed by atoms with van der Waals surface area (Å²) in [5.74, 6) is 0.0231. The van der Waals surface area contributed by atoms with E-state index in [4.69, 9.17) is 9.47 Å². The SMILES string of the molecule is COCCC(=O)N1CC2CN(S(=O)(=O)c3ccc(C)cc3)CC(C1)O2. The van der Waals surface area contributed by atoms with Crippen LogP contribution >= 0.6 is 0 Å². The average Bonchev–Trinajstić information content (AvgIpc) is 2.59. The molecule has 2 heterocycles. The predicted octanol–water partition coefficient (Wildman–Crippen LogP) is 0.632. The standard InChI is InChI=1S/C17H24N2O5S/c1-13-3-5-16(6-4-13)25(21,22)19-11-14-9-18(10-15(12-19)24-14)17(20)7-8-23-2/h3-6,14-15H,7-12H2,1-2H3. The lowest BCUT2D eigenvalue weighted by Gasteiger charge is -2.45. The summed E-state index contributed by atoms with van der Waals surface area (Å²) in [6.07, 6.45) is -0.250. The first-order valence-corrected chi connectivity index (χ1v) is 9.83. The highest BCUT2D eigenvalue weighted by Gasteiger charge is 2.40. The van der Waals surface area contributed by atoms with Crippen molar-refractivity contribution in [3.63, 3.8) is 0 Å². The predicted molar refractivity (Wildman–Crippen MR) is 91.7 cm³/mol. The van der Waals surface area contributed by atoms with Gasteiger partial charge in [-0.15, -0.1) is 0 Å². The summed E-state index contributed by atoms with van der Waals surface area (Å²) in [6.45, 7) is 3.67. The maximum Gasteiger partial charge on any atom is 0.243 e. The van der Waals surface area contributed by atoms with Gasteiger partial charge in [-0.05, 0) is 19.1 Å². The van der Waals surface area contributed by atoms with Crippen LogP contribution in [0, 0.1) is 6.92 Å². The highest BCUT2D eigenvalue weighted by atomic mass is 32.2. The fourth-order valence-electron chi connectivity index (χ4n) is 3.26. The minimum absolute atomic E-state index is 0.0231. The molecule has 2 aliphatic rings. The van der Waals surface area contributed by atoms with Gasteiger partial charge >= 0.3 is 0 Å². The molecule has 25 heavy (non-hydrogen) atoms. The lowest BCUT2D eigenvalue weighted by atomic mass is 10.1. The summed E-state index contributed by atoms with van der Waals surface area (Å²) < 4.78 is 38.0. The number of carbonyl (C=O) groups is 1. The molecule has 1 amide bonds. The average molecular weight is 368 g/mol. The van der Waals surface area contributed by atoms with Crippen LogP contribution in [0.3, 0.4) is 0 Å². The van der Waals surface area contributed by atoms with Crippen molar-refractivity contribution < 1.29 is 22.7 Å². The highest BCUT2D eigenvalue weighted by Crippen LogP contribution is 2.25. The summed E-state index contributed by atoms with van der Waals surface area (Å²) in [5.41, 5.74) is 1.02. The van der Waals surface area contributed by atoms with Gasteiger partial charge in [0.15, 0.2) is 0 Å². The second-order valence-electron chi connectivity index (χ2n) is 6.56. The molecule has 2 saturated heterocycles. The van der Waals surface area contributed by atoms with Crippen LogP contribution < -0.4 is 0 Å². The molecular weight excluding hydrogens is 344 g/mol. The Hall–Kier alpha value is -1.48. The molecule has 138 valence electrons. The van der Waals surface area contributed by atoms with Gasteiger partial charge in [0.05, 0.1) is 30.1 Å². The molecule has 0 saturated carbocycles. The number of carbonyl (C=O) groups excluding carboxylic acids is 1. The number of amides is 1. The molecule has 1 aromatic rings. The molecule has 2 fully saturated rings. The van der Waals surface area contributed by atoms with E-state index in [1.165, 1.54) is 4.31 Å². The van der Waals surface area contributed by atoms with Crippen LogP contribution in [-0.2, 0) is 24.3 Å². The number of fused-ring (bicyclic) bond motifs is 2. The smallest absolute Gasteiger partial charge is 0.243 e. The third-order valence-electron chi connectivity index (χ3n) is 4.58. The van der Waals surface area contributed by atoms with Crippen LogP contribution in [0.1, 0.15) is 12.0 Å². The van der Waals surface area contributed by atoms with E-state index in [0.717, 1.165) is 5.56 Å². The Bertz CT molecular complexity index is 705. The van der Waals surface area contributed by atoms with Crippen LogP contribution in [0.15, 0.2) is 29.2 Å². The summed E-state index contributed by atoms with van der Waals surface area (Å²) >= 11 is 0. The molecule has 7 nitrogen and oxygen atoms in total. The summed E-state index contributed by atoms with van der Waals surface area (Å²) in [4.78, 5) is 14.2. The highest BCUT2D eigenvalue weighted by molar-refractivity contribution is 7.89. The van der Waals surface area contributed by atoms with Crippen molar-refractivity contribution in [2.45, 2.75) is 30.4 Å². The van der Waals surface area contributed by atoms with E-state index in [-0.39, 0.29) is 31.2 Å². The van der Waals surface area contributed by atoms with E-state index >= 15 is 0 Å². The summed E-state index contributed by atoms with van der Waals surface area (Å²) in [5, 5.41) is 0. The second kappa shape index (κ2) is 7.41. The Balaban J connectivity index is 1.69. The minimum atomic E-state index is -3.54. The number of hydrogen-bond donors (Lipinski definition) is 0. The molecule has 0 N–H and O–H groups in total. The van der Waals surface area contributed by atoms with E-state index < -0.39 is 10.0 Å². The number of rotatable bonds is 5. The first-order chi connectivity index (χ1) is 11.9. The van der Waals surface area contributed by atoms with Crippen LogP contribution in [0.2, 0.25) is 0 Å². The number of sulfonamides is 1. The van der Waals surface area contributed by atoms with Crippen LogP contribution in [0.25, 0.3) is 0 Å². The van der Waals surface area contributed by atoms with Gasteiger partial charge in [-0.2, -0.15) is 4.31 Å². The molecule has 3 rings (SSSR count). The zero-order valence-electron chi connectivity index (χ0n) is 14.6. The van der Waals surface area contributed by atoms with E-state index in [1.807, 2.05) is 6.92 Å². The molecule has 2 atom stereocenters. The lowest BCUT2D eigenvalue weighted by molar-refractivity contribution is -0.155. The fourth-order valence-corrected chi connectivity index (χ4v) is 4.76. The van der Waals surface area contributed by atoms with E-state index in [1.54, 1.807) is 36.3 Å². The number of hydrogen-bond acceptors (Lipinski definition) is 5. The van der Waals surface area contributed by atoms with Crippen LogP contribution in [-0.4, -0.2) is 75.6 Å². The Kier molecular flexibility index (Phi) is 5.43. The Morgan fingerprint density at radius 1 is 1.16 bits per heavy atom. The first-order valence-electron chi connectivity index (χ1n) is 8.39. The Morgan fingerprint density at radius 2 is 1.76 bits per heavy atom. The Labute approximate surface area is 148 Å². The molecule has 0 aliphatic carbocycles. The van der Waals surface area contributed by atoms with Crippen molar-refractivity contribution in [2.75, 3.05) is 39.9 Å². The number of aryl methyl sites for hydroxylation is 1. The van der Waals surface area contributed by atoms with Crippen molar-refractivity contribution >= 4 is 15.9 Å². The van der Waals surface area contributed by atoms with Gasteiger partial charge in [0, 0.05) is 33.3 Å². The van der Waals surface area contributed by atoms with E-state index in [0.29, 0.717) is 31.0 Å². The van der Waals surface area contributed by atoms with Gasteiger partial charge in [0.1, 0.15) is 0 Å². The van der Waals surface area contributed by atoms with Gasteiger partial charge < -0.3 is 14.4 Å². The van der Waals surface area contributed by atoms with Crippen molar-refractivity contribution in [2.24, 2.45) is 0 Å². The minimum Gasteiger partial charge on any atom is -0.384 e. The van der Waals surface area contributed by atoms with Crippen molar-refractivity contribution in [1.29, 1.82) is 0 Å². The number of ether oxygens (including phenoxy) is 2. The van der Waals surface area contributed by atoms with Crippen LogP contribution in [0.4, 0.5) is 0 Å². The van der Waals surface area contributed by atoms with Gasteiger partial charge in [-0.25, -0.2) is 8.42 Å². The van der Waals surface area contributed by atoms with E-state index in [2.05, 4.69) is 0 Å². The van der Waals surface area contributed by atoms with Gasteiger partial charge in [0.2, 0.25) is 15.9 Å². The quantitative estimate of drug-likeness (QED) is 0.762. The van der Waals surface area contributed by atoms with Gasteiger partial charge in [-0.3, -0.25) is 4.79 Å². The molecule has 2 bridgehead atoms. The maximum absolute atomic E-state index is 12.9. The third kappa shape index (κ3) is 4.03. The number of benzene rings is 1. The molecule has 0 aromatic heterocycles. The monoisotopic (exact) mass is 368 g/mol. The number of methoxy groups -OCH3 is 1. The molecule has 2 aliphatic heterocycles. The van der Waals surface area contributed by atoms with E-state index in [9.17, 15) is 13.2 Å². The molecular formula is C17H24N2O5S. The third-order valence-corrected chi connectivity index (χ3v) is 6.42. The van der Waals surface area contributed by atoms with Gasteiger partial charge in [-0.1, -0.05) is 17.7 Å².